The molecule has 1 saturated heterocycles. The Bertz CT molecular complexity index is 604. The fraction of sp³-hybridized carbons (Fsp3) is 0.600. The van der Waals surface area contributed by atoms with E-state index in [-0.39, 0.29) is 5.91 Å². The van der Waals surface area contributed by atoms with Crippen molar-refractivity contribution in [1.82, 2.24) is 9.80 Å². The minimum atomic E-state index is -0.555. The molecular formula is C20H30N2O3. The lowest BCUT2D eigenvalue weighted by molar-refractivity contribution is -0.135. The van der Waals surface area contributed by atoms with Crippen molar-refractivity contribution in [3.8, 4) is 0 Å². The van der Waals surface area contributed by atoms with Gasteiger partial charge >= 0.3 is 6.09 Å². The smallest absolute Gasteiger partial charge is 0.410 e. The molecule has 1 aliphatic rings. The van der Waals surface area contributed by atoms with Crippen LogP contribution in [0, 0.1) is 0 Å². The molecule has 5 heteroatoms. The highest BCUT2D eigenvalue weighted by molar-refractivity contribution is 5.86. The summed E-state index contributed by atoms with van der Waals surface area (Å²) in [4.78, 5) is 28.5. The predicted octanol–water partition coefficient (Wildman–Crippen LogP) is 3.61. The van der Waals surface area contributed by atoms with Crippen LogP contribution in [0.2, 0.25) is 0 Å². The lowest BCUT2D eigenvalue weighted by atomic mass is 10.1. The molecule has 0 saturated carbocycles. The number of rotatable bonds is 4. The molecule has 1 aliphatic heterocycles. The van der Waals surface area contributed by atoms with E-state index >= 15 is 0 Å². The van der Waals surface area contributed by atoms with Crippen molar-refractivity contribution < 1.29 is 14.3 Å². The van der Waals surface area contributed by atoms with E-state index in [2.05, 4.69) is 31.2 Å². The van der Waals surface area contributed by atoms with Crippen LogP contribution in [0.5, 0.6) is 0 Å². The summed E-state index contributed by atoms with van der Waals surface area (Å²) in [6.45, 7) is 8.75. The molecule has 0 N–H and O–H groups in total. The highest BCUT2D eigenvalue weighted by Crippen LogP contribution is 2.22. The summed E-state index contributed by atoms with van der Waals surface area (Å²) in [5.41, 5.74) is 1.82. The Kier molecular flexibility index (Phi) is 6.09. The Balaban J connectivity index is 2.00. The Labute approximate surface area is 150 Å². The fourth-order valence-electron chi connectivity index (χ4n) is 3.05. The largest absolute Gasteiger partial charge is 0.444 e. The molecule has 2 amide bonds. The maximum absolute atomic E-state index is 12.8. The molecule has 0 bridgehead atoms. The zero-order chi connectivity index (χ0) is 18.6. The maximum Gasteiger partial charge on any atom is 0.410 e. The Morgan fingerprint density at radius 1 is 1.20 bits per heavy atom. The van der Waals surface area contributed by atoms with Gasteiger partial charge in [-0.15, -0.1) is 0 Å². The Hall–Kier alpha value is -2.04. The van der Waals surface area contributed by atoms with Gasteiger partial charge in [0.25, 0.3) is 0 Å². The molecule has 0 radical (unpaired) electrons. The van der Waals surface area contributed by atoms with Gasteiger partial charge in [-0.3, -0.25) is 9.69 Å². The summed E-state index contributed by atoms with van der Waals surface area (Å²) in [7, 11) is 1.79. The summed E-state index contributed by atoms with van der Waals surface area (Å²) in [5.74, 6) is -0.0251. The monoisotopic (exact) mass is 346 g/mol. The fourth-order valence-corrected chi connectivity index (χ4v) is 3.05. The normalized spacial score (nSPS) is 17.5. The van der Waals surface area contributed by atoms with Crippen molar-refractivity contribution in [3.05, 3.63) is 35.4 Å². The van der Waals surface area contributed by atoms with Gasteiger partial charge in [-0.1, -0.05) is 31.2 Å². The third kappa shape index (κ3) is 5.21. The minimum absolute atomic E-state index is 0.0251. The van der Waals surface area contributed by atoms with E-state index in [1.54, 1.807) is 16.8 Å². The zero-order valence-electron chi connectivity index (χ0n) is 16.0. The molecular weight excluding hydrogens is 316 g/mol. The first-order valence-electron chi connectivity index (χ1n) is 9.03. The average Bonchev–Trinajstić information content (AvgIpc) is 3.03. The highest BCUT2D eigenvalue weighted by Gasteiger charge is 2.37. The van der Waals surface area contributed by atoms with Gasteiger partial charge < -0.3 is 9.64 Å². The summed E-state index contributed by atoms with van der Waals surface area (Å²) >= 11 is 0. The van der Waals surface area contributed by atoms with E-state index in [1.807, 2.05) is 20.8 Å². The van der Waals surface area contributed by atoms with E-state index in [0.29, 0.717) is 19.5 Å². The van der Waals surface area contributed by atoms with Gasteiger partial charge in [0, 0.05) is 20.1 Å². The van der Waals surface area contributed by atoms with Crippen molar-refractivity contribution >= 4 is 12.0 Å². The first-order chi connectivity index (χ1) is 11.7. The number of carbonyl (C=O) groups is 2. The molecule has 1 atom stereocenters. The van der Waals surface area contributed by atoms with Gasteiger partial charge in [-0.25, -0.2) is 4.79 Å². The third-order valence-electron chi connectivity index (χ3n) is 4.39. The minimum Gasteiger partial charge on any atom is -0.444 e. The van der Waals surface area contributed by atoms with E-state index in [1.165, 1.54) is 5.56 Å². The van der Waals surface area contributed by atoms with Gasteiger partial charge in [-0.2, -0.15) is 0 Å². The van der Waals surface area contributed by atoms with Crippen LogP contribution in [0.15, 0.2) is 24.3 Å². The van der Waals surface area contributed by atoms with Crippen LogP contribution in [0.3, 0.4) is 0 Å². The van der Waals surface area contributed by atoms with Crippen molar-refractivity contribution in [2.45, 2.75) is 65.1 Å². The molecule has 138 valence electrons. The molecule has 1 unspecified atom stereocenters. The second kappa shape index (κ2) is 7.89. The summed E-state index contributed by atoms with van der Waals surface area (Å²) in [6, 6.07) is 7.88. The van der Waals surface area contributed by atoms with E-state index < -0.39 is 17.7 Å². The summed E-state index contributed by atoms with van der Waals surface area (Å²) < 4.78 is 5.44. The van der Waals surface area contributed by atoms with E-state index in [9.17, 15) is 9.59 Å². The molecule has 2 rings (SSSR count). The number of likely N-dealkylation sites (N-methyl/N-ethyl adjacent to an activating group) is 1. The van der Waals surface area contributed by atoms with Crippen LogP contribution < -0.4 is 0 Å². The average molecular weight is 346 g/mol. The van der Waals surface area contributed by atoms with Crippen LogP contribution in [-0.2, 0) is 22.5 Å². The maximum atomic E-state index is 12.8. The van der Waals surface area contributed by atoms with Crippen LogP contribution in [-0.4, -0.2) is 47.0 Å². The number of aryl methyl sites for hydroxylation is 1. The van der Waals surface area contributed by atoms with Gasteiger partial charge in [0.1, 0.15) is 11.6 Å². The van der Waals surface area contributed by atoms with E-state index in [4.69, 9.17) is 4.74 Å². The first kappa shape index (κ1) is 19.3. The van der Waals surface area contributed by atoms with Gasteiger partial charge in [0.15, 0.2) is 0 Å². The number of nitrogens with zero attached hydrogens (tertiary/aromatic N) is 2. The van der Waals surface area contributed by atoms with Crippen molar-refractivity contribution in [1.29, 1.82) is 0 Å². The lowest BCUT2D eigenvalue weighted by Gasteiger charge is -2.30. The summed E-state index contributed by atoms with van der Waals surface area (Å²) in [6.07, 6.45) is 2.12. The van der Waals surface area contributed by atoms with Crippen LogP contribution in [0.25, 0.3) is 0 Å². The molecule has 1 aromatic rings. The number of ether oxygens (including phenoxy) is 1. The molecule has 0 spiro atoms. The molecule has 1 heterocycles. The zero-order valence-corrected chi connectivity index (χ0v) is 16.0. The van der Waals surface area contributed by atoms with Gasteiger partial charge in [0.2, 0.25) is 5.91 Å². The van der Waals surface area contributed by atoms with Crippen molar-refractivity contribution in [2.75, 3.05) is 13.6 Å². The molecule has 25 heavy (non-hydrogen) atoms. The number of likely N-dealkylation sites (tertiary alicyclic amines) is 1. The second-order valence-electron chi connectivity index (χ2n) is 7.70. The standard InChI is InChI=1S/C20H30N2O3/c1-6-15-9-11-16(12-10-15)14-21(5)18(23)17-8-7-13-22(17)19(24)25-20(2,3)4/h9-12,17H,6-8,13-14H2,1-5H3. The van der Waals surface area contributed by atoms with E-state index in [0.717, 1.165) is 18.4 Å². The quantitative estimate of drug-likeness (QED) is 0.837. The molecule has 0 aliphatic carbocycles. The van der Waals surface area contributed by atoms with Gasteiger partial charge in [0.05, 0.1) is 0 Å². The lowest BCUT2D eigenvalue weighted by Crippen LogP contribution is -2.47. The van der Waals surface area contributed by atoms with Crippen LogP contribution in [0.1, 0.15) is 51.7 Å². The van der Waals surface area contributed by atoms with Gasteiger partial charge in [-0.05, 0) is 51.2 Å². The number of carbonyl (C=O) groups excluding carboxylic acids is 2. The number of amides is 2. The molecule has 1 aromatic carbocycles. The number of hydrogen-bond acceptors (Lipinski definition) is 3. The topological polar surface area (TPSA) is 49.9 Å². The van der Waals surface area contributed by atoms with Crippen LogP contribution in [0.4, 0.5) is 4.79 Å². The second-order valence-corrected chi connectivity index (χ2v) is 7.70. The van der Waals surface area contributed by atoms with Crippen molar-refractivity contribution in [2.24, 2.45) is 0 Å². The molecule has 0 aromatic heterocycles. The molecule has 5 nitrogen and oxygen atoms in total. The summed E-state index contributed by atoms with van der Waals surface area (Å²) in [5, 5.41) is 0. The number of hydrogen-bond donors (Lipinski definition) is 0. The Morgan fingerprint density at radius 3 is 2.36 bits per heavy atom. The predicted molar refractivity (Wildman–Crippen MR) is 98.3 cm³/mol. The number of benzene rings is 1. The van der Waals surface area contributed by atoms with Crippen LogP contribution >= 0.6 is 0 Å². The SMILES string of the molecule is CCc1ccc(CN(C)C(=O)C2CCCN2C(=O)OC(C)(C)C)cc1. The van der Waals surface area contributed by atoms with Crippen molar-refractivity contribution in [3.63, 3.8) is 0 Å². The third-order valence-corrected chi connectivity index (χ3v) is 4.39. The Morgan fingerprint density at radius 2 is 1.80 bits per heavy atom. The first-order valence-corrected chi connectivity index (χ1v) is 9.03. The molecule has 1 fully saturated rings. The highest BCUT2D eigenvalue weighted by atomic mass is 16.6.